The Morgan fingerprint density at radius 2 is 1.90 bits per heavy atom. The average Bonchev–Trinajstić information content (AvgIpc) is 3.37. The molecule has 4 aromatic rings. The lowest BCUT2D eigenvalue weighted by Crippen LogP contribution is -2.14. The Morgan fingerprint density at radius 3 is 2.81 bits per heavy atom. The number of fused-ring (bicyclic) bond motifs is 2. The number of benzene rings is 2. The van der Waals surface area contributed by atoms with Crippen molar-refractivity contribution < 1.29 is 19.0 Å². The predicted molar refractivity (Wildman–Crippen MR) is 115 cm³/mol. The number of rotatable bonds is 6. The first-order chi connectivity index (χ1) is 15.1. The van der Waals surface area contributed by atoms with Gasteiger partial charge in [0, 0.05) is 23.5 Å². The third kappa shape index (κ3) is 3.59. The fourth-order valence-electron chi connectivity index (χ4n) is 3.86. The lowest BCUT2D eigenvalue weighted by atomic mass is 10.1. The monoisotopic (exact) mass is 415 g/mol. The quantitative estimate of drug-likeness (QED) is 0.442. The van der Waals surface area contributed by atoms with E-state index in [0.717, 1.165) is 39.4 Å². The molecular formula is C24H21N3O4. The van der Waals surface area contributed by atoms with Crippen molar-refractivity contribution in [2.24, 2.45) is 0 Å². The van der Waals surface area contributed by atoms with Gasteiger partial charge in [-0.25, -0.2) is 9.97 Å². The average molecular weight is 415 g/mol. The summed E-state index contributed by atoms with van der Waals surface area (Å²) in [5, 5.41) is 0.783. The van der Waals surface area contributed by atoms with E-state index in [1.807, 2.05) is 62.4 Å². The molecule has 0 spiro atoms. The molecule has 2 aromatic carbocycles. The van der Waals surface area contributed by atoms with E-state index in [4.69, 9.17) is 14.2 Å². The number of hydrogen-bond donors (Lipinski definition) is 0. The van der Waals surface area contributed by atoms with Crippen LogP contribution in [0.2, 0.25) is 0 Å². The first-order valence-corrected chi connectivity index (χ1v) is 10.0. The molecule has 0 aliphatic carbocycles. The largest absolute Gasteiger partial charge is 0.469 e. The summed E-state index contributed by atoms with van der Waals surface area (Å²) in [4.78, 5) is 21.3. The van der Waals surface area contributed by atoms with Crippen molar-refractivity contribution >= 4 is 16.7 Å². The van der Waals surface area contributed by atoms with Crippen molar-refractivity contribution in [1.29, 1.82) is 0 Å². The highest BCUT2D eigenvalue weighted by molar-refractivity contribution is 5.98. The van der Waals surface area contributed by atoms with Crippen molar-refractivity contribution in [2.45, 2.75) is 20.4 Å². The second-order valence-corrected chi connectivity index (χ2v) is 7.47. The van der Waals surface area contributed by atoms with Gasteiger partial charge < -0.3 is 18.8 Å². The zero-order chi connectivity index (χ0) is 21.4. The normalized spacial score (nSPS) is 12.3. The molecule has 31 heavy (non-hydrogen) atoms. The number of Topliss-reactive ketones (excluding diaryl/α,β-unsaturated/α-hetero) is 1. The van der Waals surface area contributed by atoms with Crippen LogP contribution in [0.4, 0.5) is 0 Å². The van der Waals surface area contributed by atoms with Gasteiger partial charge in [-0.3, -0.25) is 4.79 Å². The summed E-state index contributed by atoms with van der Waals surface area (Å²) in [7, 11) is 0. The van der Waals surface area contributed by atoms with Gasteiger partial charge in [-0.05, 0) is 49.7 Å². The molecule has 0 saturated carbocycles. The first kappa shape index (κ1) is 19.1. The van der Waals surface area contributed by atoms with Crippen molar-refractivity contribution in [3.63, 3.8) is 0 Å². The van der Waals surface area contributed by atoms with Gasteiger partial charge in [0.05, 0.1) is 10.9 Å². The molecule has 0 radical (unpaired) electrons. The fraction of sp³-hybridized carbons (Fsp3) is 0.208. The highest BCUT2D eigenvalue weighted by Gasteiger charge is 2.19. The molecule has 7 nitrogen and oxygen atoms in total. The maximum atomic E-state index is 12.9. The Kier molecular flexibility index (Phi) is 4.78. The minimum atomic E-state index is -0.0901. The predicted octanol–water partition coefficient (Wildman–Crippen LogP) is 4.09. The number of nitrogens with zero attached hydrogens (tertiary/aromatic N) is 3. The van der Waals surface area contributed by atoms with E-state index < -0.39 is 0 Å². The van der Waals surface area contributed by atoms with E-state index in [-0.39, 0.29) is 19.2 Å². The van der Waals surface area contributed by atoms with Crippen molar-refractivity contribution in [2.75, 3.05) is 13.4 Å². The van der Waals surface area contributed by atoms with E-state index in [1.54, 1.807) is 0 Å². The number of aryl methyl sites for hydroxylation is 1. The van der Waals surface area contributed by atoms with Crippen LogP contribution >= 0.6 is 0 Å². The lowest BCUT2D eigenvalue weighted by molar-refractivity contribution is 0.0918. The molecule has 3 heterocycles. The van der Waals surface area contributed by atoms with E-state index >= 15 is 0 Å². The summed E-state index contributed by atoms with van der Waals surface area (Å²) in [6, 6.07) is 15.4. The van der Waals surface area contributed by atoms with E-state index in [1.165, 1.54) is 6.33 Å². The van der Waals surface area contributed by atoms with Crippen molar-refractivity contribution in [3.05, 3.63) is 77.4 Å². The highest BCUT2D eigenvalue weighted by atomic mass is 16.7. The Balaban J connectivity index is 1.34. The summed E-state index contributed by atoms with van der Waals surface area (Å²) in [6.07, 6.45) is 1.44. The molecule has 0 amide bonds. The SMILES string of the molecule is Cc1cc(C(=O)COc2ncnc3ccccc23)c(C)n1Cc1ccc2c(c1)OCO2. The van der Waals surface area contributed by atoms with Gasteiger partial charge in [0.25, 0.3) is 0 Å². The number of aromatic nitrogens is 3. The Hall–Kier alpha value is -3.87. The second-order valence-electron chi connectivity index (χ2n) is 7.47. The van der Waals surface area contributed by atoms with Gasteiger partial charge >= 0.3 is 0 Å². The summed E-state index contributed by atoms with van der Waals surface area (Å²) in [5.74, 6) is 1.83. The highest BCUT2D eigenvalue weighted by Crippen LogP contribution is 2.33. The fourth-order valence-corrected chi connectivity index (χ4v) is 3.86. The molecule has 0 saturated heterocycles. The number of carbonyl (C=O) groups excluding carboxylic acids is 1. The van der Waals surface area contributed by atoms with Crippen molar-refractivity contribution in [3.8, 4) is 17.4 Å². The van der Waals surface area contributed by atoms with E-state index in [9.17, 15) is 4.79 Å². The topological polar surface area (TPSA) is 75.5 Å². The maximum absolute atomic E-state index is 12.9. The smallest absolute Gasteiger partial charge is 0.231 e. The van der Waals surface area contributed by atoms with Crippen LogP contribution in [-0.4, -0.2) is 33.7 Å². The summed E-state index contributed by atoms with van der Waals surface area (Å²) >= 11 is 0. The number of carbonyl (C=O) groups is 1. The van der Waals surface area contributed by atoms with Crippen LogP contribution < -0.4 is 14.2 Å². The van der Waals surface area contributed by atoms with Crippen LogP contribution in [0.3, 0.4) is 0 Å². The zero-order valence-electron chi connectivity index (χ0n) is 17.3. The van der Waals surface area contributed by atoms with Gasteiger partial charge in [-0.1, -0.05) is 18.2 Å². The van der Waals surface area contributed by atoms with Crippen LogP contribution in [-0.2, 0) is 6.54 Å². The zero-order valence-corrected chi connectivity index (χ0v) is 17.3. The van der Waals surface area contributed by atoms with Crippen LogP contribution in [0.5, 0.6) is 17.4 Å². The molecule has 1 aliphatic rings. The molecule has 0 atom stereocenters. The number of para-hydroxylation sites is 1. The van der Waals surface area contributed by atoms with Crippen LogP contribution in [0.1, 0.15) is 27.3 Å². The van der Waals surface area contributed by atoms with Crippen molar-refractivity contribution in [1.82, 2.24) is 14.5 Å². The molecule has 0 unspecified atom stereocenters. The number of ketones is 1. The van der Waals surface area contributed by atoms with Gasteiger partial charge in [0.2, 0.25) is 18.5 Å². The minimum Gasteiger partial charge on any atom is -0.469 e. The lowest BCUT2D eigenvalue weighted by Gasteiger charge is -2.11. The third-order valence-electron chi connectivity index (χ3n) is 5.50. The third-order valence-corrected chi connectivity index (χ3v) is 5.50. The molecule has 5 rings (SSSR count). The Bertz CT molecular complexity index is 1290. The van der Waals surface area contributed by atoms with Gasteiger partial charge in [0.15, 0.2) is 18.1 Å². The standard InChI is InChI=1S/C24H21N3O4/c1-15-9-19(16(2)27(15)11-17-7-8-22-23(10-17)31-14-30-22)21(28)12-29-24-18-5-3-4-6-20(18)25-13-26-24/h3-10,13H,11-12,14H2,1-2H3. The summed E-state index contributed by atoms with van der Waals surface area (Å²) in [5.41, 5.74) is 4.41. The van der Waals surface area contributed by atoms with E-state index in [2.05, 4.69) is 14.5 Å². The maximum Gasteiger partial charge on any atom is 0.231 e. The second kappa shape index (κ2) is 7.75. The van der Waals surface area contributed by atoms with Gasteiger partial charge in [-0.15, -0.1) is 0 Å². The molecule has 1 aliphatic heterocycles. The molecular weight excluding hydrogens is 394 g/mol. The summed E-state index contributed by atoms with van der Waals surface area (Å²) < 4.78 is 18.7. The van der Waals surface area contributed by atoms with Gasteiger partial charge in [0.1, 0.15) is 6.33 Å². The number of hydrogen-bond acceptors (Lipinski definition) is 6. The molecule has 7 heteroatoms. The molecule has 0 fully saturated rings. The summed E-state index contributed by atoms with van der Waals surface area (Å²) in [6.45, 7) is 4.75. The Morgan fingerprint density at radius 1 is 1.06 bits per heavy atom. The van der Waals surface area contributed by atoms with Crippen LogP contribution in [0.25, 0.3) is 10.9 Å². The van der Waals surface area contributed by atoms with Crippen LogP contribution in [0.15, 0.2) is 54.9 Å². The molecule has 156 valence electrons. The van der Waals surface area contributed by atoms with Gasteiger partial charge in [-0.2, -0.15) is 0 Å². The first-order valence-electron chi connectivity index (χ1n) is 10.0. The van der Waals surface area contributed by atoms with E-state index in [0.29, 0.717) is 18.0 Å². The van der Waals surface area contributed by atoms with Crippen LogP contribution in [0, 0.1) is 13.8 Å². The molecule has 0 N–H and O–H groups in total. The molecule has 0 bridgehead atoms. The molecule has 2 aromatic heterocycles. The number of ether oxygens (including phenoxy) is 3. The minimum absolute atomic E-state index is 0.0880. The Labute approximate surface area is 179 Å².